The second-order valence-electron chi connectivity index (χ2n) is 11.9. The minimum atomic E-state index is -4.03. The quantitative estimate of drug-likeness (QED) is 0.0878. The lowest BCUT2D eigenvalue weighted by atomic mass is 9.71. The Morgan fingerprint density at radius 3 is 2.14 bits per heavy atom. The molecule has 1 spiro atoms. The van der Waals surface area contributed by atoms with Crippen LogP contribution in [0.5, 0.6) is 11.5 Å². The van der Waals surface area contributed by atoms with Crippen molar-refractivity contribution in [2.45, 2.75) is 31.3 Å². The number of rotatable bonds is 12. The highest BCUT2D eigenvalue weighted by atomic mass is 32.2. The van der Waals surface area contributed by atoms with Crippen molar-refractivity contribution < 1.29 is 42.0 Å². The predicted molar refractivity (Wildman–Crippen MR) is 163 cm³/mol. The van der Waals surface area contributed by atoms with Crippen LogP contribution < -0.4 is 11.1 Å². The van der Waals surface area contributed by atoms with E-state index in [2.05, 4.69) is 5.32 Å². The molecule has 234 valence electrons. The van der Waals surface area contributed by atoms with Crippen LogP contribution in [0.25, 0.3) is 0 Å². The third-order valence-corrected chi connectivity index (χ3v) is 9.41. The molecule has 0 saturated carbocycles. The molecule has 1 unspecified atom stereocenters. The maximum absolute atomic E-state index is 13.4. The van der Waals surface area contributed by atoms with Gasteiger partial charge in [0.2, 0.25) is 0 Å². The Morgan fingerprint density at radius 2 is 1.52 bits per heavy atom. The number of ether oxygens (including phenoxy) is 1. The van der Waals surface area contributed by atoms with Crippen molar-refractivity contribution in [3.05, 3.63) is 93.5 Å². The number of aromatic hydroxyl groups is 2. The summed E-state index contributed by atoms with van der Waals surface area (Å²) in [6.45, 7) is 2.85. The molecule has 1 heterocycles. The Balaban J connectivity index is 1.33. The molecule has 2 aliphatic rings. The summed E-state index contributed by atoms with van der Waals surface area (Å²) in [6.07, 6.45) is 2.14. The highest BCUT2D eigenvalue weighted by molar-refractivity contribution is 7.85. The summed E-state index contributed by atoms with van der Waals surface area (Å²) in [5.41, 5.74) is 8.51. The number of benzene rings is 3. The number of amides is 1. The van der Waals surface area contributed by atoms with Crippen molar-refractivity contribution in [2.75, 3.05) is 45.5 Å². The molecule has 0 aromatic heterocycles. The third-order valence-electron chi connectivity index (χ3n) is 8.61. The number of nitrogens with zero attached hydrogens (tertiary/aromatic N) is 1. The minimum absolute atomic E-state index is 0.0793. The van der Waals surface area contributed by atoms with E-state index < -0.39 is 21.7 Å². The summed E-state index contributed by atoms with van der Waals surface area (Å²) >= 11 is 0. The van der Waals surface area contributed by atoms with E-state index in [1.165, 1.54) is 6.07 Å². The smallest absolute Gasteiger partial charge is 0.340 e. The van der Waals surface area contributed by atoms with E-state index in [1.807, 2.05) is 7.05 Å². The molecule has 1 amide bonds. The van der Waals surface area contributed by atoms with Gasteiger partial charge < -0.3 is 30.5 Å². The van der Waals surface area contributed by atoms with Gasteiger partial charge in [-0.1, -0.05) is 18.2 Å². The number of esters is 1. The molecule has 3 aromatic carbocycles. The first-order chi connectivity index (χ1) is 20.8. The SMILES string of the molecule is C[N+](CCCN)(CCCNC(=O)c1ccc2c(c1)C(=O)OC21c2ccc(O)cc2Cc2cc(O)ccc21)CCCS(=O)(=O)O. The van der Waals surface area contributed by atoms with Crippen molar-refractivity contribution in [3.8, 4) is 11.5 Å². The van der Waals surface area contributed by atoms with E-state index in [0.29, 0.717) is 72.2 Å². The number of quaternary nitrogens is 1. The average molecular weight is 625 g/mol. The highest BCUT2D eigenvalue weighted by Gasteiger charge is 2.52. The van der Waals surface area contributed by atoms with Gasteiger partial charge >= 0.3 is 5.97 Å². The number of hydrogen-bond acceptors (Lipinski definition) is 8. The van der Waals surface area contributed by atoms with Gasteiger partial charge in [0, 0.05) is 48.1 Å². The first-order valence-electron chi connectivity index (χ1n) is 14.6. The summed E-state index contributed by atoms with van der Waals surface area (Å²) in [5, 5.41) is 23.2. The predicted octanol–water partition coefficient (Wildman–Crippen LogP) is 2.66. The first kappa shape index (κ1) is 31.5. The standard InChI is InChI=1S/C32H37N3O8S/c1-35(13-2-11-33,15-4-16-44(40,41)42)14-3-12-34-30(38)21-5-8-29-26(20-21)31(39)43-32(29)27-9-6-24(36)18-22(27)17-23-19-25(37)7-10-28(23)32/h5-10,18-20H,2-4,11-17,33H2,1H3,(H3-,34,36,37,38,40,41,42)/p+1. The molecule has 0 saturated heterocycles. The molecule has 0 radical (unpaired) electrons. The summed E-state index contributed by atoms with van der Waals surface area (Å²) < 4.78 is 38.1. The topological polar surface area (TPSA) is 176 Å². The maximum Gasteiger partial charge on any atom is 0.340 e. The molecule has 1 atom stereocenters. The lowest BCUT2D eigenvalue weighted by Crippen LogP contribution is -2.48. The fourth-order valence-electron chi connectivity index (χ4n) is 6.50. The van der Waals surface area contributed by atoms with Crippen LogP contribution >= 0.6 is 0 Å². The van der Waals surface area contributed by atoms with Gasteiger partial charge in [-0.2, -0.15) is 8.42 Å². The molecule has 3 aromatic rings. The fraction of sp³-hybridized carbons (Fsp3) is 0.375. The first-order valence-corrected chi connectivity index (χ1v) is 16.3. The summed E-state index contributed by atoms with van der Waals surface area (Å²) in [4.78, 5) is 26.5. The van der Waals surface area contributed by atoms with Gasteiger partial charge in [-0.15, -0.1) is 0 Å². The second-order valence-corrected chi connectivity index (χ2v) is 13.4. The number of nitrogens with two attached hydrogens (primary N) is 1. The van der Waals surface area contributed by atoms with Crippen LogP contribution in [0.1, 0.15) is 67.8 Å². The molecule has 12 heteroatoms. The minimum Gasteiger partial charge on any atom is -0.508 e. The number of carbonyl (C=O) groups excluding carboxylic acids is 2. The van der Waals surface area contributed by atoms with Gasteiger partial charge in [0.25, 0.3) is 16.0 Å². The normalized spacial score (nSPS) is 16.0. The maximum atomic E-state index is 13.4. The molecule has 1 aliphatic carbocycles. The summed E-state index contributed by atoms with van der Waals surface area (Å²) in [6, 6.07) is 14.8. The monoisotopic (exact) mass is 624 g/mol. The van der Waals surface area contributed by atoms with Crippen molar-refractivity contribution in [1.82, 2.24) is 5.32 Å². The zero-order chi connectivity index (χ0) is 31.7. The second kappa shape index (κ2) is 12.2. The fourth-order valence-corrected chi connectivity index (χ4v) is 7.00. The molecule has 5 rings (SSSR count). The molecule has 11 nitrogen and oxygen atoms in total. The zero-order valence-electron chi connectivity index (χ0n) is 24.6. The Morgan fingerprint density at radius 1 is 0.932 bits per heavy atom. The largest absolute Gasteiger partial charge is 0.508 e. The van der Waals surface area contributed by atoms with Gasteiger partial charge in [0.05, 0.1) is 38.0 Å². The number of nitrogens with one attached hydrogen (secondary N) is 1. The van der Waals surface area contributed by atoms with Gasteiger partial charge in [-0.25, -0.2) is 4.79 Å². The Kier molecular flexibility index (Phi) is 8.72. The van der Waals surface area contributed by atoms with Crippen LogP contribution in [0.2, 0.25) is 0 Å². The van der Waals surface area contributed by atoms with E-state index in [1.54, 1.807) is 48.5 Å². The number of fused-ring (bicyclic) bond motifs is 6. The molecule has 0 bridgehead atoms. The molecular formula is C32H38N3O8S+. The summed E-state index contributed by atoms with van der Waals surface area (Å²) in [7, 11) is -2.02. The van der Waals surface area contributed by atoms with Crippen molar-refractivity contribution in [3.63, 3.8) is 0 Å². The Hall–Kier alpha value is -3.97. The average Bonchev–Trinajstić information content (AvgIpc) is 3.25. The zero-order valence-corrected chi connectivity index (χ0v) is 25.4. The van der Waals surface area contributed by atoms with Gasteiger partial charge in [-0.05, 0) is 60.5 Å². The molecular weight excluding hydrogens is 586 g/mol. The third kappa shape index (κ3) is 6.29. The number of carbonyl (C=O) groups is 2. The number of phenolic OH excluding ortho intramolecular Hbond substituents is 2. The molecule has 44 heavy (non-hydrogen) atoms. The number of phenols is 2. The van der Waals surface area contributed by atoms with Crippen LogP contribution in [0.3, 0.4) is 0 Å². The van der Waals surface area contributed by atoms with E-state index in [4.69, 9.17) is 15.0 Å². The van der Waals surface area contributed by atoms with Crippen LogP contribution in [0.4, 0.5) is 0 Å². The van der Waals surface area contributed by atoms with Crippen LogP contribution in [-0.2, 0) is 26.9 Å². The molecule has 6 N–H and O–H groups in total. The Labute approximate surface area is 256 Å². The molecule has 1 aliphatic heterocycles. The van der Waals surface area contributed by atoms with E-state index >= 15 is 0 Å². The number of hydrogen-bond donors (Lipinski definition) is 5. The van der Waals surface area contributed by atoms with Gasteiger partial charge in [0.1, 0.15) is 11.5 Å². The van der Waals surface area contributed by atoms with E-state index in [0.717, 1.165) is 24.1 Å². The van der Waals surface area contributed by atoms with Crippen LogP contribution in [0.15, 0.2) is 54.6 Å². The lowest BCUT2D eigenvalue weighted by molar-refractivity contribution is -0.909. The lowest BCUT2D eigenvalue weighted by Gasteiger charge is -2.37. The van der Waals surface area contributed by atoms with Crippen molar-refractivity contribution in [2.24, 2.45) is 5.73 Å². The van der Waals surface area contributed by atoms with Crippen LogP contribution in [-0.4, -0.2) is 85.1 Å². The Bertz CT molecular complexity index is 1660. The molecule has 0 fully saturated rings. The van der Waals surface area contributed by atoms with Crippen LogP contribution in [0, 0.1) is 0 Å². The highest BCUT2D eigenvalue weighted by Crippen LogP contribution is 2.52. The van der Waals surface area contributed by atoms with Gasteiger partial charge in [0.15, 0.2) is 5.60 Å². The van der Waals surface area contributed by atoms with Crippen molar-refractivity contribution >= 4 is 22.0 Å². The van der Waals surface area contributed by atoms with Crippen molar-refractivity contribution in [1.29, 1.82) is 0 Å². The van der Waals surface area contributed by atoms with E-state index in [-0.39, 0.29) is 28.7 Å². The van der Waals surface area contributed by atoms with Gasteiger partial charge in [-0.3, -0.25) is 9.35 Å². The van der Waals surface area contributed by atoms with E-state index in [9.17, 15) is 28.2 Å². The summed E-state index contributed by atoms with van der Waals surface area (Å²) in [5.74, 6) is -1.06.